The molecule has 0 radical (unpaired) electrons. The van der Waals surface area contributed by atoms with Gasteiger partial charge in [-0.2, -0.15) is 14.0 Å². The van der Waals surface area contributed by atoms with Gasteiger partial charge in [-0.3, -0.25) is 14.2 Å². The third-order valence-corrected chi connectivity index (χ3v) is 5.01. The zero-order chi connectivity index (χ0) is 25.2. The summed E-state index contributed by atoms with van der Waals surface area (Å²) in [5.41, 5.74) is -1.64. The SMILES string of the molecule is Cc1cc(C)c(Cn2cnc(C(F)(F)CC(F)F)c(Oc3cc(Cl)cc(C#N)c3)c2=O)c(=O)[nH]1. The van der Waals surface area contributed by atoms with Gasteiger partial charge < -0.3 is 9.72 Å². The van der Waals surface area contributed by atoms with Gasteiger partial charge in [0.15, 0.2) is 5.69 Å². The molecule has 0 saturated heterocycles. The van der Waals surface area contributed by atoms with Crippen LogP contribution in [0.3, 0.4) is 0 Å². The van der Waals surface area contributed by atoms with E-state index < -0.39 is 41.3 Å². The highest BCUT2D eigenvalue weighted by Crippen LogP contribution is 2.38. The Hall–Kier alpha value is -3.65. The minimum Gasteiger partial charge on any atom is -0.449 e. The number of hydrogen-bond donors (Lipinski definition) is 1. The van der Waals surface area contributed by atoms with Crippen LogP contribution in [0.25, 0.3) is 0 Å². The summed E-state index contributed by atoms with van der Waals surface area (Å²) in [5, 5.41) is 9.11. The Kier molecular flexibility index (Phi) is 7.12. The molecule has 3 rings (SSSR count). The Bertz CT molecular complexity index is 1400. The number of rotatable bonds is 7. The maximum Gasteiger partial charge on any atom is 0.299 e. The number of ether oxygens (including phenoxy) is 1. The molecule has 1 aromatic carbocycles. The average Bonchev–Trinajstić information content (AvgIpc) is 2.71. The molecule has 0 fully saturated rings. The molecule has 0 unspecified atom stereocenters. The van der Waals surface area contributed by atoms with Crippen molar-refractivity contribution in [3.8, 4) is 17.6 Å². The number of H-pyrrole nitrogens is 1. The molecule has 0 aliphatic carbocycles. The molecular weight excluding hydrogens is 480 g/mol. The lowest BCUT2D eigenvalue weighted by atomic mass is 10.1. The van der Waals surface area contributed by atoms with Crippen molar-refractivity contribution in [1.29, 1.82) is 5.26 Å². The molecular formula is C22H17ClF4N4O3. The summed E-state index contributed by atoms with van der Waals surface area (Å²) in [5.74, 6) is -5.49. The lowest BCUT2D eigenvalue weighted by molar-refractivity contribution is -0.0643. The van der Waals surface area contributed by atoms with E-state index in [1.54, 1.807) is 26.0 Å². The average molecular weight is 497 g/mol. The Morgan fingerprint density at radius 3 is 2.56 bits per heavy atom. The van der Waals surface area contributed by atoms with Crippen molar-refractivity contribution < 1.29 is 22.3 Å². The quantitative estimate of drug-likeness (QED) is 0.479. The van der Waals surface area contributed by atoms with E-state index >= 15 is 0 Å². The highest BCUT2D eigenvalue weighted by Gasteiger charge is 2.41. The van der Waals surface area contributed by atoms with Gasteiger partial charge in [-0.15, -0.1) is 0 Å². The van der Waals surface area contributed by atoms with Gasteiger partial charge in [0.1, 0.15) is 5.75 Å². The highest BCUT2D eigenvalue weighted by molar-refractivity contribution is 6.30. The van der Waals surface area contributed by atoms with Crippen molar-refractivity contribution in [1.82, 2.24) is 14.5 Å². The summed E-state index contributed by atoms with van der Waals surface area (Å²) in [6.07, 6.45) is -4.55. The second-order valence-electron chi connectivity index (χ2n) is 7.49. The monoisotopic (exact) mass is 496 g/mol. The van der Waals surface area contributed by atoms with E-state index in [1.165, 1.54) is 6.07 Å². The molecule has 12 heteroatoms. The second-order valence-corrected chi connectivity index (χ2v) is 7.92. The lowest BCUT2D eigenvalue weighted by Crippen LogP contribution is -2.30. The predicted octanol–water partition coefficient (Wildman–Crippen LogP) is 4.66. The molecule has 34 heavy (non-hydrogen) atoms. The third kappa shape index (κ3) is 5.46. The van der Waals surface area contributed by atoms with Crippen LogP contribution in [0.2, 0.25) is 5.02 Å². The molecule has 1 N–H and O–H groups in total. The largest absolute Gasteiger partial charge is 0.449 e. The molecule has 0 aliphatic heterocycles. The Balaban J connectivity index is 2.17. The first-order chi connectivity index (χ1) is 15.9. The van der Waals surface area contributed by atoms with Gasteiger partial charge in [0.25, 0.3) is 17.0 Å². The molecule has 0 amide bonds. The van der Waals surface area contributed by atoms with Gasteiger partial charge in [-0.25, -0.2) is 13.8 Å². The van der Waals surface area contributed by atoms with Crippen LogP contribution in [0.5, 0.6) is 11.5 Å². The number of nitrogens with zero attached hydrogens (tertiary/aromatic N) is 3. The molecule has 2 aromatic heterocycles. The fraction of sp³-hybridized carbons (Fsp3) is 0.273. The van der Waals surface area contributed by atoms with E-state index in [1.807, 2.05) is 0 Å². The lowest BCUT2D eigenvalue weighted by Gasteiger charge is -2.19. The maximum absolute atomic E-state index is 14.6. The fourth-order valence-electron chi connectivity index (χ4n) is 3.28. The number of hydrogen-bond acceptors (Lipinski definition) is 5. The number of aromatic nitrogens is 3. The van der Waals surface area contributed by atoms with Gasteiger partial charge in [-0.1, -0.05) is 11.6 Å². The highest BCUT2D eigenvalue weighted by atomic mass is 35.5. The van der Waals surface area contributed by atoms with Crippen LogP contribution < -0.4 is 15.9 Å². The first-order valence-corrected chi connectivity index (χ1v) is 10.1. The zero-order valence-corrected chi connectivity index (χ0v) is 18.6. The Labute approximate surface area is 195 Å². The van der Waals surface area contributed by atoms with E-state index in [0.29, 0.717) is 11.3 Å². The molecule has 0 spiro atoms. The summed E-state index contributed by atoms with van der Waals surface area (Å²) in [4.78, 5) is 31.6. The van der Waals surface area contributed by atoms with Crippen LogP contribution in [0.15, 0.2) is 40.2 Å². The van der Waals surface area contributed by atoms with Crippen molar-refractivity contribution in [3.05, 3.63) is 84.4 Å². The van der Waals surface area contributed by atoms with Crippen molar-refractivity contribution in [2.24, 2.45) is 0 Å². The molecule has 0 saturated carbocycles. The first-order valence-electron chi connectivity index (χ1n) is 9.75. The summed E-state index contributed by atoms with van der Waals surface area (Å²) in [6.45, 7) is 2.95. The van der Waals surface area contributed by atoms with E-state index in [2.05, 4.69) is 9.97 Å². The molecule has 2 heterocycles. The minimum atomic E-state index is -4.21. The van der Waals surface area contributed by atoms with E-state index in [9.17, 15) is 27.2 Å². The van der Waals surface area contributed by atoms with Gasteiger partial charge in [0.05, 0.1) is 30.9 Å². The minimum absolute atomic E-state index is 0.00872. The number of pyridine rings is 1. The van der Waals surface area contributed by atoms with Gasteiger partial charge in [0, 0.05) is 16.3 Å². The van der Waals surface area contributed by atoms with Crippen LogP contribution in [0.4, 0.5) is 17.6 Å². The van der Waals surface area contributed by atoms with E-state index in [-0.39, 0.29) is 28.4 Å². The number of benzene rings is 1. The molecule has 7 nitrogen and oxygen atoms in total. The van der Waals surface area contributed by atoms with Crippen molar-refractivity contribution in [2.45, 2.75) is 39.2 Å². The van der Waals surface area contributed by atoms with Crippen molar-refractivity contribution in [3.63, 3.8) is 0 Å². The third-order valence-electron chi connectivity index (χ3n) is 4.80. The second kappa shape index (κ2) is 9.69. The van der Waals surface area contributed by atoms with Gasteiger partial charge >= 0.3 is 0 Å². The van der Waals surface area contributed by atoms with E-state index in [0.717, 1.165) is 23.0 Å². The van der Waals surface area contributed by atoms with Crippen LogP contribution in [0.1, 0.15) is 34.5 Å². The molecule has 0 atom stereocenters. The molecule has 0 aliphatic rings. The summed E-state index contributed by atoms with van der Waals surface area (Å²) < 4.78 is 61.0. The Morgan fingerprint density at radius 1 is 1.24 bits per heavy atom. The summed E-state index contributed by atoms with van der Waals surface area (Å²) >= 11 is 5.90. The smallest absolute Gasteiger partial charge is 0.299 e. The zero-order valence-electron chi connectivity index (χ0n) is 17.8. The summed E-state index contributed by atoms with van der Waals surface area (Å²) in [7, 11) is 0. The van der Waals surface area contributed by atoms with Gasteiger partial charge in [0.2, 0.25) is 12.2 Å². The van der Waals surface area contributed by atoms with Crippen molar-refractivity contribution >= 4 is 11.6 Å². The maximum atomic E-state index is 14.6. The number of aryl methyl sites for hydroxylation is 2. The summed E-state index contributed by atoms with van der Waals surface area (Å²) in [6, 6.07) is 7.01. The normalized spacial score (nSPS) is 11.5. The van der Waals surface area contributed by atoms with Crippen molar-refractivity contribution in [2.75, 3.05) is 0 Å². The van der Waals surface area contributed by atoms with Crippen LogP contribution in [-0.4, -0.2) is 21.0 Å². The standard InChI is InChI=1S/C22H17ClF4N4O3/c1-11-3-12(2)30-20(32)16(11)9-31-10-29-19(22(26,27)7-17(24)25)18(21(31)33)34-15-5-13(8-28)4-14(23)6-15/h3-6,10,17H,7,9H2,1-2H3,(H,30,32). The molecule has 178 valence electrons. The number of halogens is 5. The van der Waals surface area contributed by atoms with E-state index in [4.69, 9.17) is 21.6 Å². The van der Waals surface area contributed by atoms with Crippen LogP contribution in [0, 0.1) is 25.2 Å². The van der Waals surface area contributed by atoms with Gasteiger partial charge in [-0.05, 0) is 43.7 Å². The number of aromatic amines is 1. The Morgan fingerprint density at radius 2 is 1.94 bits per heavy atom. The number of alkyl halides is 4. The number of nitrogens with one attached hydrogen (secondary N) is 1. The first kappa shape index (κ1) is 25.0. The van der Waals surface area contributed by atoms with Crippen LogP contribution in [-0.2, 0) is 12.5 Å². The number of nitriles is 1. The van der Waals surface area contributed by atoms with Crippen LogP contribution >= 0.6 is 11.6 Å². The fourth-order valence-corrected chi connectivity index (χ4v) is 3.50. The molecule has 3 aromatic rings. The molecule has 0 bridgehead atoms. The topological polar surface area (TPSA) is 101 Å². The predicted molar refractivity (Wildman–Crippen MR) is 115 cm³/mol.